The molecule has 2 aliphatic heterocycles. The fourth-order valence-electron chi connectivity index (χ4n) is 5.35. The van der Waals surface area contributed by atoms with Crippen molar-refractivity contribution in [1.29, 1.82) is 0 Å². The number of unbranched alkanes of at least 4 members (excludes halogenated alkanes) is 1. The van der Waals surface area contributed by atoms with E-state index in [2.05, 4.69) is 20.8 Å². The lowest BCUT2D eigenvalue weighted by atomic mass is 9.80. The molecule has 2 heterocycles. The highest BCUT2D eigenvalue weighted by Crippen LogP contribution is 2.40. The van der Waals surface area contributed by atoms with Gasteiger partial charge >= 0.3 is 0 Å². The molecule has 3 fully saturated rings. The van der Waals surface area contributed by atoms with Crippen molar-refractivity contribution in [3.8, 4) is 0 Å². The molecule has 5 atom stereocenters. The van der Waals surface area contributed by atoms with Gasteiger partial charge in [0.25, 0.3) is 0 Å². The van der Waals surface area contributed by atoms with E-state index in [9.17, 15) is 10.2 Å². The molecule has 0 aromatic carbocycles. The van der Waals surface area contributed by atoms with Gasteiger partial charge in [-0.25, -0.2) is 0 Å². The topological polar surface area (TPSA) is 77.4 Å². The van der Waals surface area contributed by atoms with Gasteiger partial charge in [-0.05, 0) is 63.2 Å². The Hall–Kier alpha value is -0.500. The molecular weight excluding hydrogens is 420 g/mol. The number of aliphatic hydroxyl groups is 2. The van der Waals surface area contributed by atoms with E-state index >= 15 is 0 Å². The van der Waals surface area contributed by atoms with Gasteiger partial charge < -0.3 is 29.2 Å². The van der Waals surface area contributed by atoms with Gasteiger partial charge in [-0.1, -0.05) is 58.6 Å². The Balaban J connectivity index is 1.75. The molecule has 0 amide bonds. The van der Waals surface area contributed by atoms with Crippen LogP contribution in [0.3, 0.4) is 0 Å². The summed E-state index contributed by atoms with van der Waals surface area (Å²) in [6.45, 7) is 7.99. The standard InChI is InChI=1S/C27H48O6/c1-4-5-18-26(2,3)23(32-24-14-8-10-19-30-24)17-16-22(28)27(29,21-12-6-7-13-21)33-25-15-9-11-20-31-25/h16-17,21-25,28-29H,4-15,18-20H2,1-3H3/b17-16+/t22?,23-,24-,25?,27?/m0/s1. The van der Waals surface area contributed by atoms with Crippen molar-refractivity contribution in [3.63, 3.8) is 0 Å². The third kappa shape index (κ3) is 7.74. The van der Waals surface area contributed by atoms with Crippen LogP contribution in [0.1, 0.15) is 104 Å². The Morgan fingerprint density at radius 2 is 1.52 bits per heavy atom. The summed E-state index contributed by atoms with van der Waals surface area (Å²) in [7, 11) is 0. The SMILES string of the molecule is CCCCC(C)(C)[C@H](/C=C/C(O)C(O)(OC1CCCCO1)C1CCCC1)O[C@H]1CCCCO1. The predicted molar refractivity (Wildman–Crippen MR) is 129 cm³/mol. The first-order chi connectivity index (χ1) is 15.8. The molecule has 33 heavy (non-hydrogen) atoms. The molecule has 2 N–H and O–H groups in total. The molecule has 6 nitrogen and oxygen atoms in total. The van der Waals surface area contributed by atoms with Crippen molar-refractivity contribution in [1.82, 2.24) is 0 Å². The monoisotopic (exact) mass is 468 g/mol. The molecule has 0 aromatic rings. The molecule has 2 saturated heterocycles. The van der Waals surface area contributed by atoms with Gasteiger partial charge in [0.05, 0.1) is 6.10 Å². The average Bonchev–Trinajstić information content (AvgIpc) is 3.37. The summed E-state index contributed by atoms with van der Waals surface area (Å²) in [5.41, 5.74) is -0.119. The summed E-state index contributed by atoms with van der Waals surface area (Å²) in [5.74, 6) is -1.74. The Kier molecular flexibility index (Phi) is 10.7. The van der Waals surface area contributed by atoms with Crippen LogP contribution in [0.25, 0.3) is 0 Å². The van der Waals surface area contributed by atoms with Crippen LogP contribution in [0.4, 0.5) is 0 Å². The molecule has 1 aliphatic carbocycles. The summed E-state index contributed by atoms with van der Waals surface area (Å²) in [5, 5.41) is 22.9. The smallest absolute Gasteiger partial charge is 0.201 e. The van der Waals surface area contributed by atoms with Crippen LogP contribution in [0, 0.1) is 11.3 Å². The zero-order valence-corrected chi connectivity index (χ0v) is 21.2. The van der Waals surface area contributed by atoms with Crippen LogP contribution in [0.15, 0.2) is 12.2 Å². The van der Waals surface area contributed by atoms with Crippen molar-refractivity contribution < 1.29 is 29.2 Å². The number of ether oxygens (including phenoxy) is 4. The molecule has 0 aromatic heterocycles. The first-order valence-corrected chi connectivity index (χ1v) is 13.5. The van der Waals surface area contributed by atoms with Gasteiger partial charge in [0.1, 0.15) is 6.10 Å². The zero-order valence-electron chi connectivity index (χ0n) is 21.2. The number of hydrogen-bond donors (Lipinski definition) is 2. The third-order valence-corrected chi connectivity index (χ3v) is 7.67. The summed E-state index contributed by atoms with van der Waals surface area (Å²) in [4.78, 5) is 0. The largest absolute Gasteiger partial charge is 0.383 e. The summed E-state index contributed by atoms with van der Waals surface area (Å²) in [6, 6.07) is 0. The first-order valence-electron chi connectivity index (χ1n) is 13.5. The molecule has 3 rings (SSSR count). The molecule has 3 aliphatic rings. The van der Waals surface area contributed by atoms with Crippen LogP contribution in [-0.4, -0.2) is 54.0 Å². The highest BCUT2D eigenvalue weighted by molar-refractivity contribution is 5.05. The molecule has 0 bridgehead atoms. The molecule has 0 radical (unpaired) electrons. The number of aliphatic hydroxyl groups excluding tert-OH is 1. The van der Waals surface area contributed by atoms with E-state index in [1.807, 2.05) is 6.08 Å². The van der Waals surface area contributed by atoms with Gasteiger partial charge in [-0.15, -0.1) is 0 Å². The van der Waals surface area contributed by atoms with Crippen molar-refractivity contribution in [2.24, 2.45) is 11.3 Å². The maximum atomic E-state index is 11.6. The Bertz CT molecular complexity index is 575. The normalized spacial score (nSPS) is 29.2. The summed E-state index contributed by atoms with van der Waals surface area (Å²) < 4.78 is 24.2. The van der Waals surface area contributed by atoms with E-state index in [-0.39, 0.29) is 23.7 Å². The lowest BCUT2D eigenvalue weighted by molar-refractivity contribution is -0.341. The van der Waals surface area contributed by atoms with E-state index < -0.39 is 18.2 Å². The Morgan fingerprint density at radius 3 is 2.09 bits per heavy atom. The van der Waals surface area contributed by atoms with Crippen LogP contribution in [-0.2, 0) is 18.9 Å². The molecular formula is C27H48O6. The van der Waals surface area contributed by atoms with Crippen molar-refractivity contribution in [2.75, 3.05) is 13.2 Å². The van der Waals surface area contributed by atoms with E-state index in [1.54, 1.807) is 6.08 Å². The maximum absolute atomic E-state index is 11.6. The van der Waals surface area contributed by atoms with Crippen LogP contribution in [0.2, 0.25) is 0 Å². The van der Waals surface area contributed by atoms with E-state index in [1.165, 1.54) is 0 Å². The fourth-order valence-corrected chi connectivity index (χ4v) is 5.35. The van der Waals surface area contributed by atoms with Gasteiger partial charge in [0, 0.05) is 19.1 Å². The predicted octanol–water partition coefficient (Wildman–Crippen LogP) is 5.45. The van der Waals surface area contributed by atoms with Crippen LogP contribution >= 0.6 is 0 Å². The Morgan fingerprint density at radius 1 is 0.909 bits per heavy atom. The summed E-state index contributed by atoms with van der Waals surface area (Å²) in [6.07, 6.45) is 14.5. The van der Waals surface area contributed by atoms with Gasteiger partial charge in [0.15, 0.2) is 12.6 Å². The number of rotatable bonds is 12. The van der Waals surface area contributed by atoms with E-state index in [0.29, 0.717) is 6.61 Å². The van der Waals surface area contributed by atoms with E-state index in [0.717, 1.165) is 90.1 Å². The van der Waals surface area contributed by atoms with Crippen LogP contribution in [0.5, 0.6) is 0 Å². The minimum atomic E-state index is -1.64. The molecule has 192 valence electrons. The molecule has 6 heteroatoms. The quantitative estimate of drug-likeness (QED) is 0.293. The third-order valence-electron chi connectivity index (χ3n) is 7.67. The zero-order chi connectivity index (χ0) is 23.7. The molecule has 0 spiro atoms. The van der Waals surface area contributed by atoms with Gasteiger partial charge in [0.2, 0.25) is 5.79 Å². The van der Waals surface area contributed by atoms with Gasteiger partial charge in [-0.2, -0.15) is 0 Å². The molecule has 3 unspecified atom stereocenters. The van der Waals surface area contributed by atoms with Crippen molar-refractivity contribution in [3.05, 3.63) is 12.2 Å². The maximum Gasteiger partial charge on any atom is 0.201 e. The highest BCUT2D eigenvalue weighted by atomic mass is 16.7. The fraction of sp³-hybridized carbons (Fsp3) is 0.926. The number of hydrogen-bond acceptors (Lipinski definition) is 6. The minimum Gasteiger partial charge on any atom is -0.383 e. The lowest BCUT2D eigenvalue weighted by Gasteiger charge is -2.40. The second-order valence-electron chi connectivity index (χ2n) is 10.9. The van der Waals surface area contributed by atoms with Gasteiger partial charge in [-0.3, -0.25) is 0 Å². The lowest BCUT2D eigenvalue weighted by Crippen LogP contribution is -2.52. The van der Waals surface area contributed by atoms with E-state index in [4.69, 9.17) is 18.9 Å². The second kappa shape index (κ2) is 13.0. The first kappa shape index (κ1) is 27.1. The summed E-state index contributed by atoms with van der Waals surface area (Å²) >= 11 is 0. The highest BCUT2D eigenvalue weighted by Gasteiger charge is 2.47. The average molecular weight is 469 g/mol. The Labute approximate surface area is 201 Å². The van der Waals surface area contributed by atoms with Crippen LogP contribution < -0.4 is 0 Å². The minimum absolute atomic E-state index is 0.100. The van der Waals surface area contributed by atoms with Crippen molar-refractivity contribution >= 4 is 0 Å². The molecule has 1 saturated carbocycles. The second-order valence-corrected chi connectivity index (χ2v) is 10.9. The van der Waals surface area contributed by atoms with Crippen molar-refractivity contribution in [2.45, 2.75) is 135 Å².